The highest BCUT2D eigenvalue weighted by molar-refractivity contribution is 7.98. The number of ether oxygens (including phenoxy) is 1. The Morgan fingerprint density at radius 3 is 2.59 bits per heavy atom. The largest absolute Gasteiger partial charge is 0.494 e. The van der Waals surface area contributed by atoms with Gasteiger partial charge in [-0.15, -0.1) is 0 Å². The first-order valence-electron chi connectivity index (χ1n) is 7.25. The van der Waals surface area contributed by atoms with Crippen LogP contribution in [0.1, 0.15) is 27.9 Å². The summed E-state index contributed by atoms with van der Waals surface area (Å²) in [5, 5.41) is 9.12. The number of carboxylic acids is 1. The Hall–Kier alpha value is -1.94. The second-order valence-electron chi connectivity index (χ2n) is 5.03. The predicted octanol–water partition coefficient (Wildman–Crippen LogP) is 4.40. The summed E-state index contributed by atoms with van der Waals surface area (Å²) >= 11 is 1.73. The number of hydrogen-bond donors (Lipinski definition) is 1. The molecule has 0 amide bonds. The first kappa shape index (κ1) is 16.4. The van der Waals surface area contributed by atoms with Gasteiger partial charge >= 0.3 is 5.97 Å². The molecule has 0 spiro atoms. The van der Waals surface area contributed by atoms with Gasteiger partial charge in [-0.3, -0.25) is 0 Å². The summed E-state index contributed by atoms with van der Waals surface area (Å²) in [5.41, 5.74) is 2.49. The van der Waals surface area contributed by atoms with Crippen molar-refractivity contribution in [2.45, 2.75) is 19.1 Å². The Morgan fingerprint density at radius 2 is 1.86 bits per heavy atom. The average molecular weight is 316 g/mol. The van der Waals surface area contributed by atoms with Gasteiger partial charge in [0.2, 0.25) is 0 Å². The molecule has 0 aliphatic rings. The average Bonchev–Trinajstić information content (AvgIpc) is 2.52. The van der Waals surface area contributed by atoms with E-state index in [1.54, 1.807) is 23.9 Å². The minimum atomic E-state index is -0.862. The SMILES string of the molecule is Cc1ccc(OCCCSCc2ccccc2C(=O)O)cc1. The fourth-order valence-corrected chi connectivity index (χ4v) is 2.96. The van der Waals surface area contributed by atoms with E-state index in [9.17, 15) is 4.79 Å². The molecule has 0 saturated heterocycles. The molecule has 0 fully saturated rings. The maximum Gasteiger partial charge on any atom is 0.335 e. The van der Waals surface area contributed by atoms with Crippen molar-refractivity contribution in [3.63, 3.8) is 0 Å². The Kier molecular flexibility index (Phi) is 6.34. The molecule has 0 heterocycles. The number of rotatable bonds is 8. The number of hydrogen-bond acceptors (Lipinski definition) is 3. The molecule has 2 aromatic carbocycles. The molecule has 1 N–H and O–H groups in total. The Bertz CT molecular complexity index is 608. The standard InChI is InChI=1S/C18H20O3S/c1-14-7-9-16(10-8-14)21-11-4-12-22-13-15-5-2-3-6-17(15)18(19)20/h2-3,5-10H,4,11-13H2,1H3,(H,19,20). The van der Waals surface area contributed by atoms with Crippen LogP contribution in [0.3, 0.4) is 0 Å². The van der Waals surface area contributed by atoms with E-state index in [0.717, 1.165) is 23.5 Å². The third kappa shape index (κ3) is 5.11. The summed E-state index contributed by atoms with van der Waals surface area (Å²) in [6.07, 6.45) is 0.938. The molecule has 0 atom stereocenters. The van der Waals surface area contributed by atoms with Crippen molar-refractivity contribution in [1.29, 1.82) is 0 Å². The Labute approximate surface area is 135 Å². The smallest absolute Gasteiger partial charge is 0.335 e. The number of aryl methyl sites for hydroxylation is 1. The van der Waals surface area contributed by atoms with E-state index >= 15 is 0 Å². The lowest BCUT2D eigenvalue weighted by Gasteiger charge is -2.07. The molecule has 2 rings (SSSR count). The summed E-state index contributed by atoms with van der Waals surface area (Å²) in [6.45, 7) is 2.73. The maximum atomic E-state index is 11.1. The molecule has 0 bridgehead atoms. The number of carboxylic acid groups (broad SMARTS) is 1. The van der Waals surface area contributed by atoms with E-state index in [4.69, 9.17) is 9.84 Å². The first-order chi connectivity index (χ1) is 10.7. The van der Waals surface area contributed by atoms with Crippen molar-refractivity contribution in [2.24, 2.45) is 0 Å². The van der Waals surface area contributed by atoms with Gasteiger partial charge in [0.05, 0.1) is 12.2 Å². The molecular formula is C18H20O3S. The van der Waals surface area contributed by atoms with Crippen LogP contribution in [0.15, 0.2) is 48.5 Å². The van der Waals surface area contributed by atoms with Crippen LogP contribution in [-0.4, -0.2) is 23.4 Å². The lowest BCUT2D eigenvalue weighted by molar-refractivity contribution is 0.0696. The number of aromatic carboxylic acids is 1. The molecule has 0 radical (unpaired) electrons. The molecule has 3 nitrogen and oxygen atoms in total. The van der Waals surface area contributed by atoms with Crippen molar-refractivity contribution in [3.8, 4) is 5.75 Å². The normalized spacial score (nSPS) is 10.4. The van der Waals surface area contributed by atoms with E-state index in [-0.39, 0.29) is 0 Å². The highest BCUT2D eigenvalue weighted by Crippen LogP contribution is 2.18. The molecule has 0 aromatic heterocycles. The lowest BCUT2D eigenvalue weighted by atomic mass is 10.1. The minimum absolute atomic E-state index is 0.394. The van der Waals surface area contributed by atoms with Gasteiger partial charge in [-0.25, -0.2) is 4.79 Å². The Balaban J connectivity index is 1.67. The second-order valence-corrected chi connectivity index (χ2v) is 6.14. The van der Waals surface area contributed by atoms with Gasteiger partial charge in [0, 0.05) is 5.75 Å². The van der Waals surface area contributed by atoms with E-state index < -0.39 is 5.97 Å². The van der Waals surface area contributed by atoms with Gasteiger partial charge in [-0.05, 0) is 42.9 Å². The van der Waals surface area contributed by atoms with Gasteiger partial charge in [-0.2, -0.15) is 11.8 Å². The van der Waals surface area contributed by atoms with Crippen LogP contribution in [0.2, 0.25) is 0 Å². The minimum Gasteiger partial charge on any atom is -0.494 e. The van der Waals surface area contributed by atoms with Gasteiger partial charge < -0.3 is 9.84 Å². The van der Waals surface area contributed by atoms with Crippen LogP contribution in [0, 0.1) is 6.92 Å². The zero-order chi connectivity index (χ0) is 15.8. The van der Waals surface area contributed by atoms with Gasteiger partial charge in [0.15, 0.2) is 0 Å². The molecule has 0 aliphatic carbocycles. The first-order valence-corrected chi connectivity index (χ1v) is 8.40. The molecular weight excluding hydrogens is 296 g/mol. The predicted molar refractivity (Wildman–Crippen MR) is 90.9 cm³/mol. The Morgan fingerprint density at radius 1 is 1.14 bits per heavy atom. The van der Waals surface area contributed by atoms with Crippen LogP contribution in [0.4, 0.5) is 0 Å². The summed E-state index contributed by atoms with van der Waals surface area (Å²) < 4.78 is 5.67. The maximum absolute atomic E-state index is 11.1. The van der Waals surface area contributed by atoms with E-state index in [1.165, 1.54) is 5.56 Å². The third-order valence-electron chi connectivity index (χ3n) is 3.23. The number of benzene rings is 2. The van der Waals surface area contributed by atoms with E-state index in [2.05, 4.69) is 6.92 Å². The molecule has 4 heteroatoms. The molecule has 116 valence electrons. The summed E-state index contributed by atoms with van der Waals surface area (Å²) in [7, 11) is 0. The zero-order valence-electron chi connectivity index (χ0n) is 12.6. The zero-order valence-corrected chi connectivity index (χ0v) is 13.4. The van der Waals surface area contributed by atoms with Crippen molar-refractivity contribution in [1.82, 2.24) is 0 Å². The summed E-state index contributed by atoms with van der Waals surface area (Å²) in [6, 6.07) is 15.2. The number of thioether (sulfide) groups is 1. The van der Waals surface area contributed by atoms with Crippen LogP contribution in [0.25, 0.3) is 0 Å². The van der Waals surface area contributed by atoms with E-state index in [0.29, 0.717) is 17.9 Å². The highest BCUT2D eigenvalue weighted by Gasteiger charge is 2.08. The molecule has 0 aliphatic heterocycles. The van der Waals surface area contributed by atoms with E-state index in [1.807, 2.05) is 36.4 Å². The van der Waals surface area contributed by atoms with Crippen molar-refractivity contribution in [3.05, 3.63) is 65.2 Å². The third-order valence-corrected chi connectivity index (χ3v) is 4.32. The van der Waals surface area contributed by atoms with Crippen LogP contribution in [-0.2, 0) is 5.75 Å². The van der Waals surface area contributed by atoms with Crippen molar-refractivity contribution in [2.75, 3.05) is 12.4 Å². The van der Waals surface area contributed by atoms with Crippen molar-refractivity contribution >= 4 is 17.7 Å². The van der Waals surface area contributed by atoms with Gasteiger partial charge in [0.25, 0.3) is 0 Å². The van der Waals surface area contributed by atoms with Crippen molar-refractivity contribution < 1.29 is 14.6 Å². The van der Waals surface area contributed by atoms with Crippen LogP contribution < -0.4 is 4.74 Å². The second kappa shape index (κ2) is 8.49. The van der Waals surface area contributed by atoms with Crippen LogP contribution in [0.5, 0.6) is 5.75 Å². The summed E-state index contributed by atoms with van der Waals surface area (Å²) in [4.78, 5) is 11.1. The highest BCUT2D eigenvalue weighted by atomic mass is 32.2. The molecule has 2 aromatic rings. The van der Waals surface area contributed by atoms with Crippen LogP contribution >= 0.6 is 11.8 Å². The van der Waals surface area contributed by atoms with Gasteiger partial charge in [-0.1, -0.05) is 35.9 Å². The fourth-order valence-electron chi connectivity index (χ4n) is 2.02. The monoisotopic (exact) mass is 316 g/mol. The molecule has 22 heavy (non-hydrogen) atoms. The topological polar surface area (TPSA) is 46.5 Å². The fraction of sp³-hybridized carbons (Fsp3) is 0.278. The quantitative estimate of drug-likeness (QED) is 0.733. The van der Waals surface area contributed by atoms with Gasteiger partial charge in [0.1, 0.15) is 5.75 Å². The molecule has 0 saturated carbocycles. The number of carbonyl (C=O) groups is 1. The molecule has 0 unspecified atom stereocenters. The summed E-state index contributed by atoms with van der Waals surface area (Å²) in [5.74, 6) is 1.69. The lowest BCUT2D eigenvalue weighted by Crippen LogP contribution is -2.02.